The molecule has 1 saturated heterocycles. The molecular weight excluding hydrogens is 1020 g/mol. The number of thiophene rings is 1. The van der Waals surface area contributed by atoms with E-state index >= 15 is 0 Å². The molecule has 3 aliphatic rings. The number of anilines is 3. The predicted octanol–water partition coefficient (Wildman–Crippen LogP) is 6.16. The third-order valence-corrected chi connectivity index (χ3v) is 15.0. The van der Waals surface area contributed by atoms with Crippen LogP contribution in [-0.4, -0.2) is 170 Å². The first-order chi connectivity index (χ1) is 36.8. The molecule has 0 saturated carbocycles. The van der Waals surface area contributed by atoms with E-state index in [-0.39, 0.29) is 88.7 Å². The van der Waals surface area contributed by atoms with Crippen LogP contribution >= 0.6 is 22.9 Å². The summed E-state index contributed by atoms with van der Waals surface area (Å²) in [7, 11) is 1.99. The maximum atomic E-state index is 14.5. The number of halogens is 1. The van der Waals surface area contributed by atoms with Gasteiger partial charge in [-0.3, -0.25) is 38.6 Å². The Balaban J connectivity index is 0.708. The molecule has 0 radical (unpaired) electrons. The molecule has 6 heterocycles. The second-order valence-electron chi connectivity index (χ2n) is 18.7. The van der Waals surface area contributed by atoms with Crippen LogP contribution in [0.4, 0.5) is 21.9 Å². The lowest BCUT2D eigenvalue weighted by Crippen LogP contribution is -2.48. The molecule has 3 aromatic carbocycles. The highest BCUT2D eigenvalue weighted by molar-refractivity contribution is 7.17. The summed E-state index contributed by atoms with van der Waals surface area (Å²) in [5.74, 6) is -1.85. The summed E-state index contributed by atoms with van der Waals surface area (Å²) in [5.41, 5.74) is 6.82. The Morgan fingerprint density at radius 2 is 1.43 bits per heavy atom. The van der Waals surface area contributed by atoms with Gasteiger partial charge in [-0.2, -0.15) is 0 Å². The van der Waals surface area contributed by atoms with Crippen LogP contribution in [-0.2, 0) is 38.1 Å². The maximum absolute atomic E-state index is 14.5. The molecule has 23 heteroatoms. The summed E-state index contributed by atoms with van der Waals surface area (Å²) in [6, 6.07) is 15.7. The number of aromatic nitrogens is 2. The van der Waals surface area contributed by atoms with Crippen LogP contribution in [0, 0.1) is 6.92 Å². The Bertz CT molecular complexity index is 3210. The van der Waals surface area contributed by atoms with Gasteiger partial charge in [0.25, 0.3) is 23.6 Å². The van der Waals surface area contributed by atoms with Crippen LogP contribution in [0.2, 0.25) is 0 Å². The smallest absolute Gasteiger partial charge is 0.407 e. The highest BCUT2D eigenvalue weighted by Crippen LogP contribution is 2.49. The fourth-order valence-electron chi connectivity index (χ4n) is 9.66. The van der Waals surface area contributed by atoms with E-state index in [4.69, 9.17) is 30.5 Å². The summed E-state index contributed by atoms with van der Waals surface area (Å²) in [6.45, 7) is 5.78. The van der Waals surface area contributed by atoms with E-state index in [0.29, 0.717) is 84.5 Å². The number of carbonyl (C=O) groups is 7. The van der Waals surface area contributed by atoms with E-state index in [9.17, 15) is 38.7 Å². The fraction of sp³-hybridized carbons (Fsp3) is 0.377. The average Bonchev–Trinajstić information content (AvgIpc) is 4.30. The normalized spacial score (nSPS) is 16.6. The third kappa shape index (κ3) is 12.2. The number of carbonyl (C=O) groups excluding carboxylic acids is 6. The molecule has 3 aromatic heterocycles. The number of imide groups is 1. The molecule has 0 spiro atoms. The van der Waals surface area contributed by atoms with Gasteiger partial charge in [-0.1, -0.05) is 0 Å². The van der Waals surface area contributed by atoms with Crippen molar-refractivity contribution in [1.29, 1.82) is 0 Å². The molecule has 1 fully saturated rings. The minimum Gasteiger partial charge on any atom is -0.465 e. The van der Waals surface area contributed by atoms with Gasteiger partial charge < -0.3 is 59.8 Å². The molecule has 400 valence electrons. The Kier molecular flexibility index (Phi) is 17.1. The number of nitrogens with zero attached hydrogens (tertiary/aromatic N) is 4. The van der Waals surface area contributed by atoms with Gasteiger partial charge in [0.1, 0.15) is 18.2 Å². The quantitative estimate of drug-likeness (QED) is 0.0182. The number of aryl methyl sites for hydroxylation is 1. The largest absolute Gasteiger partial charge is 0.465 e. The number of carboxylic acid groups (broad SMARTS) is 1. The molecule has 21 nitrogen and oxygen atoms in total. The molecule has 9 rings (SSSR count). The molecular formula is C53H58ClN9O12S. The van der Waals surface area contributed by atoms with E-state index in [0.717, 1.165) is 42.8 Å². The number of rotatable bonds is 23. The zero-order chi connectivity index (χ0) is 53.5. The average molecular weight is 1080 g/mol. The van der Waals surface area contributed by atoms with Gasteiger partial charge in [0.05, 0.1) is 52.1 Å². The van der Waals surface area contributed by atoms with Crippen LogP contribution in [0.25, 0.3) is 31.9 Å². The number of alkyl halides is 1. The van der Waals surface area contributed by atoms with Crippen molar-refractivity contribution >= 4 is 113 Å². The van der Waals surface area contributed by atoms with Crippen molar-refractivity contribution in [2.24, 2.45) is 0 Å². The van der Waals surface area contributed by atoms with Gasteiger partial charge in [-0.25, -0.2) is 4.79 Å². The SMILES string of the molecule is Cc1csc2c(C3CN(C)CCN3C(=O)O)cc3c(c12)[C@H](CCl)CN3C(=O)c1cc2cc(NC(=O)c3cc4cc(NC(=O)CCOCCOCCOCOCCNC(=O)CCN5C(=O)C=CC5=O)ccc4[nH]3)ccc2[nH]1. The summed E-state index contributed by atoms with van der Waals surface area (Å²) in [4.78, 5) is 101. The zero-order valence-corrected chi connectivity index (χ0v) is 43.5. The summed E-state index contributed by atoms with van der Waals surface area (Å²) in [5, 5.41) is 23.2. The molecule has 0 bridgehead atoms. The lowest BCUT2D eigenvalue weighted by atomic mass is 9.92. The summed E-state index contributed by atoms with van der Waals surface area (Å²) >= 11 is 8.21. The van der Waals surface area contributed by atoms with Gasteiger partial charge in [0.15, 0.2) is 0 Å². The number of benzene rings is 3. The third-order valence-electron chi connectivity index (χ3n) is 13.5. The number of nitrogens with one attached hydrogen (secondary N) is 5. The fourth-order valence-corrected chi connectivity index (χ4v) is 11.0. The van der Waals surface area contributed by atoms with Gasteiger partial charge in [-0.15, -0.1) is 22.9 Å². The molecule has 6 N–H and O–H groups in total. The molecule has 76 heavy (non-hydrogen) atoms. The molecule has 7 amide bonds. The van der Waals surface area contributed by atoms with Gasteiger partial charge in [0.2, 0.25) is 11.8 Å². The minimum absolute atomic E-state index is 0.00450. The van der Waals surface area contributed by atoms with E-state index in [1.807, 2.05) is 20.0 Å². The lowest BCUT2D eigenvalue weighted by molar-refractivity contribution is -0.137. The first-order valence-electron chi connectivity index (χ1n) is 24.8. The number of ether oxygens (including phenoxy) is 4. The summed E-state index contributed by atoms with van der Waals surface area (Å²) in [6.07, 6.45) is 1.49. The van der Waals surface area contributed by atoms with E-state index in [1.165, 1.54) is 17.1 Å². The van der Waals surface area contributed by atoms with Crippen molar-refractivity contribution in [3.63, 3.8) is 0 Å². The summed E-state index contributed by atoms with van der Waals surface area (Å²) < 4.78 is 22.7. The molecule has 1 unspecified atom stereocenters. The highest BCUT2D eigenvalue weighted by Gasteiger charge is 2.39. The Morgan fingerprint density at radius 1 is 0.776 bits per heavy atom. The molecule has 3 aliphatic heterocycles. The van der Waals surface area contributed by atoms with Crippen molar-refractivity contribution < 1.29 is 57.6 Å². The van der Waals surface area contributed by atoms with E-state index in [1.54, 1.807) is 64.8 Å². The van der Waals surface area contributed by atoms with Crippen LogP contribution in [0.15, 0.2) is 72.1 Å². The van der Waals surface area contributed by atoms with Crippen LogP contribution in [0.3, 0.4) is 0 Å². The van der Waals surface area contributed by atoms with E-state index < -0.39 is 23.9 Å². The van der Waals surface area contributed by atoms with Crippen LogP contribution in [0.5, 0.6) is 0 Å². The van der Waals surface area contributed by atoms with Crippen molar-refractivity contribution in [2.75, 3.05) is 114 Å². The Labute approximate surface area is 445 Å². The van der Waals surface area contributed by atoms with Gasteiger partial charge in [0, 0.05) is 119 Å². The van der Waals surface area contributed by atoms with Gasteiger partial charge >= 0.3 is 6.09 Å². The predicted molar refractivity (Wildman–Crippen MR) is 286 cm³/mol. The van der Waals surface area contributed by atoms with Crippen molar-refractivity contribution in [2.45, 2.75) is 31.7 Å². The molecule has 6 aromatic rings. The maximum Gasteiger partial charge on any atom is 0.407 e. The zero-order valence-electron chi connectivity index (χ0n) is 41.9. The standard InChI is InChI=1S/C53H58ClN9O12S/c1-31-29-76-50-37(43-28-60(2)13-14-61(43)53(70)71)25-42-49(48(31)50)34(26-54)27-63(42)52(69)41-24-33-22-36(4-6-39(33)59-41)57-51(68)40-23-32-21-35(3-5-38(32)58-40)56-45(65)10-15-72-17-18-73-19-20-75-30-74-16-11-55-44(64)9-12-62-46(66)7-8-47(62)67/h3-8,21-25,29,34,43,58-59H,9-20,26-28,30H2,1-2H3,(H,55,64)(H,56,65)(H,57,68)(H,70,71)/t34-,43?/m1/s1. The second kappa shape index (κ2) is 24.2. The molecule has 0 aliphatic carbocycles. The number of H-pyrrole nitrogens is 2. The topological polar surface area (TPSA) is 257 Å². The number of likely N-dealkylation sites (N-methyl/N-ethyl adjacent to an activating group) is 1. The minimum atomic E-state index is -0.976. The van der Waals surface area contributed by atoms with Crippen molar-refractivity contribution in [1.82, 2.24) is 30.0 Å². The van der Waals surface area contributed by atoms with Gasteiger partial charge in [-0.05, 0) is 90.6 Å². The monoisotopic (exact) mass is 1080 g/mol. The second-order valence-corrected chi connectivity index (χ2v) is 19.9. The van der Waals surface area contributed by atoms with Crippen LogP contribution in [0.1, 0.15) is 62.5 Å². The number of aromatic amines is 2. The Hall–Kier alpha value is -7.18. The number of fused-ring (bicyclic) bond motifs is 5. The lowest BCUT2D eigenvalue weighted by Gasteiger charge is -2.39. The first-order valence-corrected chi connectivity index (χ1v) is 26.3. The highest BCUT2D eigenvalue weighted by atomic mass is 35.5. The van der Waals surface area contributed by atoms with Crippen molar-refractivity contribution in [3.05, 3.63) is 100 Å². The Morgan fingerprint density at radius 3 is 2.14 bits per heavy atom. The number of hydrogen-bond donors (Lipinski definition) is 6. The number of hydrogen-bond acceptors (Lipinski definition) is 13. The first kappa shape index (κ1) is 53.6. The van der Waals surface area contributed by atoms with Crippen molar-refractivity contribution in [3.8, 4) is 0 Å². The van der Waals surface area contributed by atoms with Crippen LogP contribution < -0.4 is 20.9 Å². The number of piperazine rings is 1. The number of amides is 7. The molecule has 2 atom stereocenters. The van der Waals surface area contributed by atoms with E-state index in [2.05, 4.69) is 36.2 Å².